The third kappa shape index (κ3) is 4.24. The van der Waals surface area contributed by atoms with E-state index >= 15 is 0 Å². The number of nitrogens with zero attached hydrogens (tertiary/aromatic N) is 3. The largest absolute Gasteiger partial charge is 0.521 e. The number of carboxylic acid groups (broad SMARTS) is 1. The van der Waals surface area contributed by atoms with Gasteiger partial charge in [0, 0.05) is 48.3 Å². The number of hydrogen-bond acceptors (Lipinski definition) is 4. The van der Waals surface area contributed by atoms with Crippen LogP contribution in [0.2, 0.25) is 0 Å². The van der Waals surface area contributed by atoms with Crippen LogP contribution in [0, 0.1) is 6.92 Å². The molecule has 0 spiro atoms. The molecule has 1 saturated heterocycles. The number of amides is 3. The zero-order valence-corrected chi connectivity index (χ0v) is 22.8. The van der Waals surface area contributed by atoms with Crippen molar-refractivity contribution < 1.29 is 19.1 Å². The minimum Gasteiger partial charge on any atom is -0.435 e. The maximum atomic E-state index is 13.3. The van der Waals surface area contributed by atoms with Gasteiger partial charge in [0.15, 0.2) is 0 Å². The lowest BCUT2D eigenvalue weighted by Crippen LogP contribution is -2.66. The number of nitrogens with one attached hydrogen (secondary N) is 2. The number of rotatable bonds is 5. The maximum absolute atomic E-state index is 13.3. The van der Waals surface area contributed by atoms with Gasteiger partial charge in [-0.1, -0.05) is 42.5 Å². The molecule has 4 heterocycles. The van der Waals surface area contributed by atoms with Crippen molar-refractivity contribution in [3.05, 3.63) is 89.6 Å². The Hall–Kier alpha value is -4.63. The molecular formula is C32H32N5O4+. The summed E-state index contributed by atoms with van der Waals surface area (Å²) in [6.07, 6.45) is 3.31. The number of para-hydroxylation sites is 2. The van der Waals surface area contributed by atoms with E-state index < -0.39 is 6.09 Å². The van der Waals surface area contributed by atoms with Crippen LogP contribution >= 0.6 is 0 Å². The highest BCUT2D eigenvalue weighted by Crippen LogP contribution is 2.41. The Kier molecular flexibility index (Phi) is 6.04. The fraction of sp³-hybridized carbons (Fsp3) is 0.281. The SMILES string of the molecule is Cc1cc(CCC2CC(N3Cc4ccccc4NC3=O)CC[N+]2(C(=O)O)c2cc3ccccc3o2)cc2cn[nH]c12. The van der Waals surface area contributed by atoms with E-state index in [-0.39, 0.29) is 22.6 Å². The van der Waals surface area contributed by atoms with Crippen molar-refractivity contribution in [1.82, 2.24) is 19.6 Å². The number of piperidine rings is 1. The van der Waals surface area contributed by atoms with Crippen molar-refractivity contribution in [3.63, 3.8) is 0 Å². The van der Waals surface area contributed by atoms with Gasteiger partial charge in [0.2, 0.25) is 0 Å². The molecule has 3 unspecified atom stereocenters. The predicted molar refractivity (Wildman–Crippen MR) is 158 cm³/mol. The van der Waals surface area contributed by atoms with Crippen LogP contribution in [0.25, 0.3) is 21.9 Å². The topological polar surface area (TPSA) is 111 Å². The molecule has 2 aliphatic rings. The summed E-state index contributed by atoms with van der Waals surface area (Å²) >= 11 is 0. The Morgan fingerprint density at radius 3 is 2.80 bits per heavy atom. The van der Waals surface area contributed by atoms with E-state index in [4.69, 9.17) is 4.42 Å². The third-order valence-corrected chi connectivity index (χ3v) is 9.00. The van der Waals surface area contributed by atoms with Crippen LogP contribution in [0.4, 0.5) is 21.2 Å². The molecule has 3 N–H and O–H groups in total. The molecule has 9 nitrogen and oxygen atoms in total. The fourth-order valence-corrected chi connectivity index (χ4v) is 6.88. The molecule has 1 fully saturated rings. The lowest BCUT2D eigenvalue weighted by molar-refractivity contribution is 0.0620. The van der Waals surface area contributed by atoms with Gasteiger partial charge in [-0.2, -0.15) is 14.4 Å². The molecular weight excluding hydrogens is 518 g/mol. The van der Waals surface area contributed by atoms with E-state index in [9.17, 15) is 14.7 Å². The van der Waals surface area contributed by atoms with Crippen molar-refractivity contribution in [3.8, 4) is 0 Å². The van der Waals surface area contributed by atoms with Gasteiger partial charge < -0.3 is 19.7 Å². The first-order valence-electron chi connectivity index (χ1n) is 14.1. The number of benzene rings is 3. The van der Waals surface area contributed by atoms with Crippen molar-refractivity contribution in [2.75, 3.05) is 11.9 Å². The molecule has 5 aromatic rings. The monoisotopic (exact) mass is 550 g/mol. The first kappa shape index (κ1) is 25.3. The summed E-state index contributed by atoms with van der Waals surface area (Å²) in [6.45, 7) is 2.89. The van der Waals surface area contributed by atoms with E-state index in [1.165, 1.54) is 0 Å². The highest BCUT2D eigenvalue weighted by atomic mass is 16.4. The summed E-state index contributed by atoms with van der Waals surface area (Å²) in [6, 6.07) is 21.1. The Labute approximate surface area is 236 Å². The van der Waals surface area contributed by atoms with Crippen LogP contribution in [0.1, 0.15) is 36.0 Å². The van der Waals surface area contributed by atoms with Crippen LogP contribution in [0.5, 0.6) is 0 Å². The summed E-state index contributed by atoms with van der Waals surface area (Å²) in [5.74, 6) is 0.442. The van der Waals surface area contributed by atoms with Crippen molar-refractivity contribution in [2.45, 2.75) is 51.2 Å². The lowest BCUT2D eigenvalue weighted by Gasteiger charge is -2.46. The quantitative estimate of drug-likeness (QED) is 0.208. The summed E-state index contributed by atoms with van der Waals surface area (Å²) in [5, 5.41) is 23.1. The Bertz CT molecular complexity index is 1760. The van der Waals surface area contributed by atoms with Gasteiger partial charge in [-0.25, -0.2) is 4.79 Å². The second-order valence-electron chi connectivity index (χ2n) is 11.3. The molecule has 41 heavy (non-hydrogen) atoms. The fourth-order valence-electron chi connectivity index (χ4n) is 6.88. The number of likely N-dealkylation sites (tertiary alicyclic amines) is 1. The van der Waals surface area contributed by atoms with Gasteiger partial charge >= 0.3 is 18.0 Å². The summed E-state index contributed by atoms with van der Waals surface area (Å²) in [5.41, 5.74) is 5.84. The summed E-state index contributed by atoms with van der Waals surface area (Å²) in [7, 11) is 0. The lowest BCUT2D eigenvalue weighted by atomic mass is 9.88. The zero-order valence-electron chi connectivity index (χ0n) is 22.8. The zero-order chi connectivity index (χ0) is 28.1. The van der Waals surface area contributed by atoms with Crippen molar-refractivity contribution in [1.29, 1.82) is 0 Å². The predicted octanol–water partition coefficient (Wildman–Crippen LogP) is 6.81. The second-order valence-corrected chi connectivity index (χ2v) is 11.3. The van der Waals surface area contributed by atoms with Gasteiger partial charge in [-0.3, -0.25) is 5.10 Å². The van der Waals surface area contributed by atoms with E-state index in [0.717, 1.165) is 38.7 Å². The molecule has 0 saturated carbocycles. The molecule has 208 valence electrons. The molecule has 2 aromatic heterocycles. The van der Waals surface area contributed by atoms with Gasteiger partial charge in [0.05, 0.1) is 24.3 Å². The van der Waals surface area contributed by atoms with Crippen LogP contribution in [-0.4, -0.2) is 51.0 Å². The van der Waals surface area contributed by atoms with Gasteiger partial charge in [0.1, 0.15) is 11.6 Å². The molecule has 0 radical (unpaired) electrons. The molecule has 0 bridgehead atoms. The van der Waals surface area contributed by atoms with E-state index in [0.29, 0.717) is 50.2 Å². The number of aryl methyl sites for hydroxylation is 2. The summed E-state index contributed by atoms with van der Waals surface area (Å²) < 4.78 is 5.97. The molecule has 2 aliphatic heterocycles. The first-order chi connectivity index (χ1) is 19.9. The van der Waals surface area contributed by atoms with Gasteiger partial charge in [-0.15, -0.1) is 0 Å². The average molecular weight is 551 g/mol. The first-order valence-corrected chi connectivity index (χ1v) is 14.1. The van der Waals surface area contributed by atoms with Gasteiger partial charge in [0.25, 0.3) is 0 Å². The smallest absolute Gasteiger partial charge is 0.435 e. The number of furan rings is 1. The number of aromatic amines is 1. The van der Waals surface area contributed by atoms with Crippen LogP contribution in [-0.2, 0) is 13.0 Å². The number of carbonyl (C=O) groups excluding carboxylic acids is 1. The minimum atomic E-state index is -0.928. The Morgan fingerprint density at radius 1 is 1.12 bits per heavy atom. The van der Waals surface area contributed by atoms with Gasteiger partial charge in [-0.05, 0) is 48.2 Å². The number of carbonyl (C=O) groups is 2. The summed E-state index contributed by atoms with van der Waals surface area (Å²) in [4.78, 5) is 28.4. The van der Waals surface area contributed by atoms with Crippen LogP contribution in [0.3, 0.4) is 0 Å². The highest BCUT2D eigenvalue weighted by molar-refractivity contribution is 5.92. The number of quaternary nitrogens is 1. The number of H-pyrrole nitrogens is 1. The molecule has 7 rings (SSSR count). The maximum Gasteiger partial charge on any atom is 0.521 e. The third-order valence-electron chi connectivity index (χ3n) is 9.00. The van der Waals surface area contributed by atoms with Crippen molar-refractivity contribution in [2.24, 2.45) is 0 Å². The Morgan fingerprint density at radius 2 is 1.95 bits per heavy atom. The molecule has 3 atom stereocenters. The number of aromatic nitrogens is 2. The van der Waals surface area contributed by atoms with Crippen LogP contribution in [0.15, 0.2) is 77.3 Å². The molecule has 3 aromatic carbocycles. The van der Waals surface area contributed by atoms with Crippen molar-refractivity contribution >= 4 is 45.6 Å². The highest BCUT2D eigenvalue weighted by Gasteiger charge is 2.54. The van der Waals surface area contributed by atoms with E-state index in [1.54, 1.807) is 0 Å². The number of anilines is 1. The Balaban J connectivity index is 1.25. The van der Waals surface area contributed by atoms with Crippen LogP contribution < -0.4 is 9.80 Å². The number of hydrogen-bond donors (Lipinski definition) is 3. The molecule has 9 heteroatoms. The number of urea groups is 1. The normalized spacial score (nSPS) is 22.6. The standard InChI is InChI=1S/C32H31N5O4/c1-20-14-21(15-24-18-33-35-30(20)24)10-11-26-17-25(36-19-23-7-2-4-8-27(23)34-31(36)38)12-13-37(26,32(39)40)29-16-22-6-3-5-9-28(22)41-29/h2-9,14-16,18,25-26H,10-13,17,19H2,1H3,(H2-,33,34,35,38,39,40)/p+1. The number of fused-ring (bicyclic) bond motifs is 3. The molecule has 3 amide bonds. The second kappa shape index (κ2) is 9.78. The molecule has 0 aliphatic carbocycles. The van der Waals surface area contributed by atoms with E-state index in [2.05, 4.69) is 34.6 Å². The minimum absolute atomic E-state index is 0.0959. The van der Waals surface area contributed by atoms with E-state index in [1.807, 2.05) is 65.7 Å². The average Bonchev–Trinajstić information content (AvgIpc) is 3.63.